The Morgan fingerprint density at radius 1 is 1.45 bits per heavy atom. The van der Waals surface area contributed by atoms with Gasteiger partial charge in [-0.2, -0.15) is 0 Å². The molecule has 1 amide bonds. The summed E-state index contributed by atoms with van der Waals surface area (Å²) in [4.78, 5) is 13.8. The van der Waals surface area contributed by atoms with Gasteiger partial charge in [0.15, 0.2) is 0 Å². The molecule has 0 spiro atoms. The van der Waals surface area contributed by atoms with E-state index in [-0.39, 0.29) is 11.7 Å². The van der Waals surface area contributed by atoms with E-state index in [4.69, 9.17) is 5.84 Å². The highest BCUT2D eigenvalue weighted by atomic mass is 19.1. The minimum absolute atomic E-state index is 0.304. The predicted molar refractivity (Wildman–Crippen MR) is 78.4 cm³/mol. The summed E-state index contributed by atoms with van der Waals surface area (Å²) >= 11 is 0. The first-order chi connectivity index (χ1) is 9.27. The van der Waals surface area contributed by atoms with Crippen LogP contribution in [0.25, 0.3) is 5.57 Å². The van der Waals surface area contributed by atoms with Crippen LogP contribution in [0.5, 0.6) is 0 Å². The molecule has 2 rings (SSSR count). The molecule has 1 atom stereocenters. The Morgan fingerprint density at radius 2 is 2.10 bits per heavy atom. The third-order valence-electron chi connectivity index (χ3n) is 3.74. The number of hydrogen-bond donors (Lipinski definition) is 2. The number of nitrogens with one attached hydrogen (secondary N) is 1. The van der Waals surface area contributed by atoms with Crippen molar-refractivity contribution in [1.29, 1.82) is 0 Å². The van der Waals surface area contributed by atoms with Crippen LogP contribution in [-0.2, 0) is 4.79 Å². The van der Waals surface area contributed by atoms with E-state index < -0.39 is 11.6 Å². The maximum atomic E-state index is 13.6. The van der Waals surface area contributed by atoms with Gasteiger partial charge >= 0.3 is 0 Å². The Morgan fingerprint density at radius 3 is 2.70 bits per heavy atom. The molecule has 1 aromatic rings. The van der Waals surface area contributed by atoms with Crippen molar-refractivity contribution >= 4 is 17.2 Å². The van der Waals surface area contributed by atoms with E-state index in [0.717, 1.165) is 11.1 Å². The molecule has 5 heteroatoms. The molecule has 4 nitrogen and oxygen atoms in total. The Balaban J connectivity index is 2.61. The van der Waals surface area contributed by atoms with E-state index in [9.17, 15) is 9.18 Å². The van der Waals surface area contributed by atoms with Gasteiger partial charge in [-0.15, -0.1) is 0 Å². The number of hydrogen-bond acceptors (Lipinski definition) is 3. The summed E-state index contributed by atoms with van der Waals surface area (Å²) in [5, 5.41) is 0. The number of carbonyl (C=O) groups is 1. The smallest absolute Gasteiger partial charge is 0.256 e. The molecule has 1 aliphatic heterocycles. The molecule has 20 heavy (non-hydrogen) atoms. The number of rotatable bonds is 2. The summed E-state index contributed by atoms with van der Waals surface area (Å²) in [5.74, 6) is 4.61. The number of nitrogens with two attached hydrogens (primary N) is 1. The first kappa shape index (κ1) is 14.5. The van der Waals surface area contributed by atoms with E-state index in [1.165, 1.54) is 12.1 Å². The summed E-state index contributed by atoms with van der Waals surface area (Å²) in [6, 6.07) is 4.14. The summed E-state index contributed by atoms with van der Waals surface area (Å²) in [5.41, 5.74) is 4.47. The number of halogens is 1. The Kier molecular flexibility index (Phi) is 3.56. The standard InChI is InChI=1S/C15H20FN3O/c1-9-8-15(3,4)19(10(2)14(20)18-17)13-7-11(16)5-6-12(9)13/h5-8,10H,17H2,1-4H3,(H,18,20)/t10-/m0/s1. The summed E-state index contributed by atoms with van der Waals surface area (Å²) in [6.07, 6.45) is 2.08. The van der Waals surface area contributed by atoms with Crippen LogP contribution in [0.4, 0.5) is 10.1 Å². The first-order valence-corrected chi connectivity index (χ1v) is 6.57. The molecule has 0 bridgehead atoms. The van der Waals surface area contributed by atoms with Crippen molar-refractivity contribution in [2.24, 2.45) is 5.84 Å². The van der Waals surface area contributed by atoms with Crippen LogP contribution in [0.2, 0.25) is 0 Å². The number of fused-ring (bicyclic) bond motifs is 1. The number of hydrazine groups is 1. The van der Waals surface area contributed by atoms with E-state index >= 15 is 0 Å². The zero-order valence-electron chi connectivity index (χ0n) is 12.2. The van der Waals surface area contributed by atoms with Crippen LogP contribution in [-0.4, -0.2) is 17.5 Å². The highest BCUT2D eigenvalue weighted by Crippen LogP contribution is 2.40. The van der Waals surface area contributed by atoms with Gasteiger partial charge < -0.3 is 4.90 Å². The van der Waals surface area contributed by atoms with Crippen LogP contribution in [0, 0.1) is 5.82 Å². The van der Waals surface area contributed by atoms with Crippen molar-refractivity contribution in [2.75, 3.05) is 4.90 Å². The third-order valence-corrected chi connectivity index (χ3v) is 3.74. The van der Waals surface area contributed by atoms with Crippen molar-refractivity contribution in [1.82, 2.24) is 5.43 Å². The van der Waals surface area contributed by atoms with Gasteiger partial charge in [0.05, 0.1) is 5.54 Å². The predicted octanol–water partition coefficient (Wildman–Crippen LogP) is 2.21. The fourth-order valence-electron chi connectivity index (χ4n) is 2.97. The van der Waals surface area contributed by atoms with Crippen molar-refractivity contribution in [3.8, 4) is 0 Å². The summed E-state index contributed by atoms with van der Waals surface area (Å²) in [7, 11) is 0. The summed E-state index contributed by atoms with van der Waals surface area (Å²) in [6.45, 7) is 7.73. The molecule has 3 N–H and O–H groups in total. The lowest BCUT2D eigenvalue weighted by molar-refractivity contribution is -0.122. The van der Waals surface area contributed by atoms with Gasteiger partial charge in [0.2, 0.25) is 0 Å². The van der Waals surface area contributed by atoms with Crippen molar-refractivity contribution in [3.05, 3.63) is 35.7 Å². The van der Waals surface area contributed by atoms with Gasteiger partial charge in [0, 0.05) is 11.3 Å². The zero-order chi connectivity index (χ0) is 15.1. The number of amides is 1. The Hall–Kier alpha value is -1.88. The second-order valence-electron chi connectivity index (χ2n) is 5.70. The molecule has 0 aromatic heterocycles. The van der Waals surface area contributed by atoms with Crippen molar-refractivity contribution < 1.29 is 9.18 Å². The summed E-state index contributed by atoms with van der Waals surface area (Å²) < 4.78 is 13.6. The molecule has 1 aromatic carbocycles. The van der Waals surface area contributed by atoms with E-state index in [1.807, 2.05) is 25.7 Å². The lowest BCUT2D eigenvalue weighted by atomic mass is 9.87. The monoisotopic (exact) mass is 277 g/mol. The lowest BCUT2D eigenvalue weighted by Gasteiger charge is -2.46. The van der Waals surface area contributed by atoms with Crippen molar-refractivity contribution in [2.45, 2.75) is 39.3 Å². The molecule has 0 fully saturated rings. The van der Waals surface area contributed by atoms with Gasteiger partial charge in [0.25, 0.3) is 5.91 Å². The van der Waals surface area contributed by atoms with Gasteiger partial charge in [-0.25, -0.2) is 10.2 Å². The van der Waals surface area contributed by atoms with E-state index in [2.05, 4.69) is 11.5 Å². The highest BCUT2D eigenvalue weighted by molar-refractivity contribution is 5.89. The molecule has 0 saturated carbocycles. The van der Waals surface area contributed by atoms with E-state index in [0.29, 0.717) is 5.69 Å². The second-order valence-corrected chi connectivity index (χ2v) is 5.70. The minimum atomic E-state index is -0.500. The van der Waals surface area contributed by atoms with Crippen LogP contribution in [0.1, 0.15) is 33.3 Å². The molecule has 1 aliphatic rings. The number of allylic oxidation sites excluding steroid dienone is 1. The normalized spacial score (nSPS) is 18.1. The zero-order valence-corrected chi connectivity index (χ0v) is 12.2. The molecular formula is C15H20FN3O. The Labute approximate surface area is 118 Å². The van der Waals surface area contributed by atoms with E-state index in [1.54, 1.807) is 13.0 Å². The molecule has 1 heterocycles. The molecule has 0 unspecified atom stereocenters. The average molecular weight is 277 g/mol. The number of anilines is 1. The van der Waals surface area contributed by atoms with Crippen LogP contribution in [0.3, 0.4) is 0 Å². The van der Waals surface area contributed by atoms with Gasteiger partial charge in [-0.1, -0.05) is 6.08 Å². The van der Waals surface area contributed by atoms with Crippen LogP contribution < -0.4 is 16.2 Å². The Bertz CT molecular complexity index is 580. The first-order valence-electron chi connectivity index (χ1n) is 6.57. The fourth-order valence-corrected chi connectivity index (χ4v) is 2.97. The SMILES string of the molecule is CC1=CC(C)(C)N([C@@H](C)C(=O)NN)c2cc(F)ccc21. The van der Waals surface area contributed by atoms with Gasteiger partial charge in [-0.3, -0.25) is 10.2 Å². The second kappa shape index (κ2) is 4.90. The van der Waals surface area contributed by atoms with Gasteiger partial charge in [-0.05, 0) is 51.5 Å². The molecule has 0 aliphatic carbocycles. The van der Waals surface area contributed by atoms with Crippen LogP contribution >= 0.6 is 0 Å². The maximum absolute atomic E-state index is 13.6. The minimum Gasteiger partial charge on any atom is -0.351 e. The molecular weight excluding hydrogens is 257 g/mol. The fraction of sp³-hybridized carbons (Fsp3) is 0.400. The largest absolute Gasteiger partial charge is 0.351 e. The number of benzene rings is 1. The molecule has 0 radical (unpaired) electrons. The average Bonchev–Trinajstić information content (AvgIpc) is 2.35. The van der Waals surface area contributed by atoms with Crippen molar-refractivity contribution in [3.63, 3.8) is 0 Å². The number of carbonyl (C=O) groups excluding carboxylic acids is 1. The lowest BCUT2D eigenvalue weighted by Crippen LogP contribution is -2.56. The molecule has 108 valence electrons. The topological polar surface area (TPSA) is 58.4 Å². The quantitative estimate of drug-likeness (QED) is 0.495. The highest BCUT2D eigenvalue weighted by Gasteiger charge is 2.37. The van der Waals surface area contributed by atoms with Gasteiger partial charge in [0.1, 0.15) is 11.9 Å². The third kappa shape index (κ3) is 2.29. The molecule has 0 saturated heterocycles. The maximum Gasteiger partial charge on any atom is 0.256 e. The number of nitrogens with zero attached hydrogens (tertiary/aromatic N) is 1. The van der Waals surface area contributed by atoms with Crippen LogP contribution in [0.15, 0.2) is 24.3 Å².